The zero-order valence-corrected chi connectivity index (χ0v) is 21.4. The molecule has 4 aromatic rings. The highest BCUT2D eigenvalue weighted by Crippen LogP contribution is 2.42. The monoisotopic (exact) mass is 518 g/mol. The Balaban J connectivity index is 0.00000149. The van der Waals surface area contributed by atoms with Crippen molar-refractivity contribution in [2.75, 3.05) is 5.32 Å². The summed E-state index contributed by atoms with van der Waals surface area (Å²) in [6, 6.07) is 34.9. The van der Waals surface area contributed by atoms with E-state index in [2.05, 4.69) is 94.0 Å². The topological polar surface area (TPSA) is 35.9 Å². The van der Waals surface area contributed by atoms with Gasteiger partial charge in [-0.2, -0.15) is 0 Å². The normalized spacial score (nSPS) is 10.7. The van der Waals surface area contributed by atoms with Crippen molar-refractivity contribution in [2.45, 2.75) is 26.3 Å². The summed E-state index contributed by atoms with van der Waals surface area (Å²) in [7, 11) is 0. The van der Waals surface area contributed by atoms with Crippen LogP contribution in [0.2, 0.25) is 5.02 Å². The second-order valence-corrected chi connectivity index (χ2v) is 8.67. The zero-order valence-electron chi connectivity index (χ0n) is 19.1. The van der Waals surface area contributed by atoms with Crippen LogP contribution in [0.4, 0.5) is 5.69 Å². The number of benzene rings is 4. The fourth-order valence-electron chi connectivity index (χ4n) is 3.94. The Morgan fingerprint density at radius 3 is 1.52 bits per heavy atom. The van der Waals surface area contributed by atoms with Gasteiger partial charge in [-0.15, -0.1) is 0 Å². The average Bonchev–Trinajstić information content (AvgIpc) is 2.87. The fraction of sp³-hybridized carbons (Fsp3) is 0.138. The molecule has 0 aliphatic rings. The lowest BCUT2D eigenvalue weighted by molar-refractivity contribution is 0.711. The van der Waals surface area contributed by atoms with Crippen LogP contribution in [0.3, 0.4) is 0 Å². The third-order valence-corrected chi connectivity index (χ3v) is 6.60. The Bertz CT molecular complexity index is 1100. The van der Waals surface area contributed by atoms with Crippen molar-refractivity contribution in [3.63, 3.8) is 0 Å². The molecule has 0 saturated carbocycles. The van der Waals surface area contributed by atoms with E-state index in [1.54, 1.807) is 6.92 Å². The number of anilines is 1. The maximum atomic E-state index is 8.36. The van der Waals surface area contributed by atoms with Crippen molar-refractivity contribution in [3.8, 4) is 0 Å². The Labute approximate surface area is 210 Å². The summed E-state index contributed by atoms with van der Waals surface area (Å²) in [6.07, 6.45) is 0. The van der Waals surface area contributed by atoms with Crippen LogP contribution in [0, 0.1) is 5.41 Å². The number of hydrogen-bond donors (Lipinski definition) is 2. The van der Waals surface area contributed by atoms with E-state index < -0.39 is 5.54 Å². The summed E-state index contributed by atoms with van der Waals surface area (Å²) in [6.45, 7) is 5.79. The minimum atomic E-state index is -0.675. The summed E-state index contributed by atoms with van der Waals surface area (Å²) in [5.41, 5.74) is 4.68. The van der Waals surface area contributed by atoms with E-state index in [4.69, 9.17) is 17.0 Å². The Kier molecular flexibility index (Phi) is 8.49. The van der Waals surface area contributed by atoms with Gasteiger partial charge in [0, 0.05) is 21.4 Å². The molecule has 4 heteroatoms. The first kappa shape index (κ1) is 24.8. The van der Waals surface area contributed by atoms with Crippen LogP contribution in [-0.2, 0) is 5.54 Å². The van der Waals surface area contributed by atoms with E-state index in [-0.39, 0.29) is 0 Å². The lowest BCUT2D eigenvalue weighted by atomic mass is 9.76. The van der Waals surface area contributed by atoms with Crippen LogP contribution < -0.4 is 5.32 Å². The van der Waals surface area contributed by atoms with Gasteiger partial charge >= 0.3 is 0 Å². The van der Waals surface area contributed by atoms with Gasteiger partial charge in [0.25, 0.3) is 0 Å². The van der Waals surface area contributed by atoms with Gasteiger partial charge in [-0.25, -0.2) is 0 Å². The van der Waals surface area contributed by atoms with E-state index in [0.29, 0.717) is 10.7 Å². The first-order valence-corrected chi connectivity index (χ1v) is 12.2. The minimum absolute atomic E-state index is 0.461. The lowest BCUT2D eigenvalue weighted by Crippen LogP contribution is -2.38. The number of halogens is 2. The van der Waals surface area contributed by atoms with Crippen molar-refractivity contribution >= 4 is 38.9 Å². The molecule has 0 atom stereocenters. The maximum Gasteiger partial charge on any atom is 0.114 e. The molecule has 4 aromatic carbocycles. The molecule has 0 aliphatic carbocycles. The van der Waals surface area contributed by atoms with Crippen LogP contribution in [0.25, 0.3) is 0 Å². The van der Waals surface area contributed by atoms with Gasteiger partial charge in [0.05, 0.1) is 5.02 Å². The molecule has 0 aromatic heterocycles. The Morgan fingerprint density at radius 1 is 0.758 bits per heavy atom. The predicted molar refractivity (Wildman–Crippen MR) is 146 cm³/mol. The van der Waals surface area contributed by atoms with Gasteiger partial charge in [-0.05, 0) is 51.7 Å². The fourth-order valence-corrected chi connectivity index (χ4v) is 4.45. The highest BCUT2D eigenvalue weighted by Gasteiger charge is 2.37. The molecule has 0 radical (unpaired) electrons. The first-order valence-electron chi connectivity index (χ1n) is 11.0. The summed E-state index contributed by atoms with van der Waals surface area (Å²) in [5, 5.41) is 12.8. The van der Waals surface area contributed by atoms with Crippen LogP contribution in [0.5, 0.6) is 0 Å². The SMILES string of the molecule is CC.CC(=N)c1cc(Br)c(Cl)cc1NC(c1ccccc1)(c1ccccc1)c1ccccc1. The molecule has 0 saturated heterocycles. The summed E-state index contributed by atoms with van der Waals surface area (Å²) in [4.78, 5) is 0. The quantitative estimate of drug-likeness (QED) is 0.193. The lowest BCUT2D eigenvalue weighted by Gasteiger charge is -2.38. The van der Waals surface area contributed by atoms with E-state index in [9.17, 15) is 0 Å². The number of nitrogens with one attached hydrogen (secondary N) is 2. The molecule has 0 amide bonds. The molecule has 0 bridgehead atoms. The molecule has 0 unspecified atom stereocenters. The van der Waals surface area contributed by atoms with Crippen molar-refractivity contribution in [3.05, 3.63) is 135 Å². The second-order valence-electron chi connectivity index (χ2n) is 7.41. The minimum Gasteiger partial charge on any atom is -0.367 e. The van der Waals surface area contributed by atoms with Crippen LogP contribution in [-0.4, -0.2) is 5.71 Å². The van der Waals surface area contributed by atoms with E-state index in [1.807, 2.05) is 44.2 Å². The van der Waals surface area contributed by atoms with Crippen LogP contribution in [0.1, 0.15) is 43.0 Å². The second kappa shape index (κ2) is 11.3. The molecule has 2 nitrogen and oxygen atoms in total. The highest BCUT2D eigenvalue weighted by atomic mass is 79.9. The molecular formula is C29H28BrClN2. The van der Waals surface area contributed by atoms with E-state index >= 15 is 0 Å². The first-order chi connectivity index (χ1) is 16.0. The molecule has 168 valence electrons. The molecule has 33 heavy (non-hydrogen) atoms. The Morgan fingerprint density at radius 2 is 1.15 bits per heavy atom. The van der Waals surface area contributed by atoms with Crippen molar-refractivity contribution in [1.29, 1.82) is 5.41 Å². The molecule has 0 spiro atoms. The van der Waals surface area contributed by atoms with E-state index in [0.717, 1.165) is 32.4 Å². The molecule has 4 rings (SSSR count). The standard InChI is InChI=1S/C27H22BrClN2.C2H6/c1-19(30)23-17-24(28)25(29)18-26(23)31-27(20-11-5-2-6-12-20,21-13-7-3-8-14-21)22-15-9-4-10-16-22;1-2/h2-18,30-31H,1H3;1-2H3. The number of rotatable bonds is 6. The highest BCUT2D eigenvalue weighted by molar-refractivity contribution is 9.10. The molecule has 0 aliphatic heterocycles. The smallest absolute Gasteiger partial charge is 0.114 e. The third kappa shape index (κ3) is 5.21. The molecule has 0 fully saturated rings. The zero-order chi connectivity index (χ0) is 23.8. The summed E-state index contributed by atoms with van der Waals surface area (Å²) in [5.74, 6) is 0. The van der Waals surface area contributed by atoms with Gasteiger partial charge in [-0.1, -0.05) is 116 Å². The van der Waals surface area contributed by atoms with Gasteiger partial charge in [0.2, 0.25) is 0 Å². The molecular weight excluding hydrogens is 492 g/mol. The van der Waals surface area contributed by atoms with Gasteiger partial charge in [0.1, 0.15) is 5.54 Å². The van der Waals surface area contributed by atoms with Crippen molar-refractivity contribution < 1.29 is 0 Å². The largest absolute Gasteiger partial charge is 0.367 e. The molecule has 2 N–H and O–H groups in total. The van der Waals surface area contributed by atoms with E-state index in [1.165, 1.54) is 0 Å². The summed E-state index contributed by atoms with van der Waals surface area (Å²) >= 11 is 10.0. The van der Waals surface area contributed by atoms with Crippen molar-refractivity contribution in [1.82, 2.24) is 0 Å². The average molecular weight is 520 g/mol. The Hall–Kier alpha value is -2.88. The predicted octanol–water partition coefficient (Wildman–Crippen LogP) is 8.92. The van der Waals surface area contributed by atoms with Gasteiger partial charge < -0.3 is 10.7 Å². The van der Waals surface area contributed by atoms with Gasteiger partial charge in [-0.3, -0.25) is 0 Å². The summed E-state index contributed by atoms with van der Waals surface area (Å²) < 4.78 is 0.769. The molecule has 0 heterocycles. The van der Waals surface area contributed by atoms with Crippen LogP contribution in [0.15, 0.2) is 108 Å². The van der Waals surface area contributed by atoms with Crippen LogP contribution >= 0.6 is 27.5 Å². The third-order valence-electron chi connectivity index (χ3n) is 5.41. The maximum absolute atomic E-state index is 8.36. The van der Waals surface area contributed by atoms with Gasteiger partial charge in [0.15, 0.2) is 0 Å². The number of hydrogen-bond acceptors (Lipinski definition) is 2. The van der Waals surface area contributed by atoms with Crippen molar-refractivity contribution in [2.24, 2.45) is 0 Å².